The lowest BCUT2D eigenvalue weighted by molar-refractivity contribution is -0.130. The van der Waals surface area contributed by atoms with Gasteiger partial charge in [0.1, 0.15) is 12.4 Å². The molecule has 1 heterocycles. The molecule has 0 bridgehead atoms. The lowest BCUT2D eigenvalue weighted by atomic mass is 9.96. The largest absolute Gasteiger partial charge is 0.492 e. The standard InChI is InChI=1S/C21H28N4O4.C7H7Cl/c26-18-14-23-19(27)15-24-20(28)21(9-3-4-10-21)25-12-13-29-17-8-2-1-6-16(17)7-5-11-22-18;1-6-3-2-4-7(8)5-6/h1-2,5-8,25H,3-4,9-15H2,(H,22,26)(H,23,27)(H,24,28);2-5H,1H3/b7-5+;. The molecular weight excluding hydrogens is 492 g/mol. The van der Waals surface area contributed by atoms with Crippen LogP contribution in [0.5, 0.6) is 5.75 Å². The number of ether oxygens (including phenoxy) is 1. The van der Waals surface area contributed by atoms with Gasteiger partial charge in [-0.05, 0) is 43.5 Å². The molecule has 198 valence electrons. The molecule has 9 heteroatoms. The third-order valence-electron chi connectivity index (χ3n) is 6.18. The van der Waals surface area contributed by atoms with Crippen LogP contribution in [0.3, 0.4) is 0 Å². The minimum absolute atomic E-state index is 0.133. The van der Waals surface area contributed by atoms with Crippen molar-refractivity contribution in [2.24, 2.45) is 0 Å². The topological polar surface area (TPSA) is 109 Å². The van der Waals surface area contributed by atoms with Crippen molar-refractivity contribution in [1.82, 2.24) is 21.3 Å². The van der Waals surface area contributed by atoms with E-state index in [1.807, 2.05) is 67.6 Å². The smallest absolute Gasteiger partial charge is 0.240 e. The molecule has 0 unspecified atom stereocenters. The van der Waals surface area contributed by atoms with Crippen LogP contribution in [-0.2, 0) is 14.4 Å². The summed E-state index contributed by atoms with van der Waals surface area (Å²) in [6.45, 7) is 3.01. The fourth-order valence-corrected chi connectivity index (χ4v) is 4.51. The van der Waals surface area contributed by atoms with Crippen molar-refractivity contribution in [3.63, 3.8) is 0 Å². The van der Waals surface area contributed by atoms with E-state index in [2.05, 4.69) is 21.3 Å². The van der Waals surface area contributed by atoms with E-state index in [1.54, 1.807) is 0 Å². The molecule has 4 N–H and O–H groups in total. The Bertz CT molecular complexity index is 1080. The highest BCUT2D eigenvalue weighted by atomic mass is 35.5. The van der Waals surface area contributed by atoms with Crippen molar-refractivity contribution in [3.8, 4) is 5.75 Å². The van der Waals surface area contributed by atoms with Gasteiger partial charge in [-0.3, -0.25) is 19.7 Å². The molecule has 2 aromatic carbocycles. The lowest BCUT2D eigenvalue weighted by Crippen LogP contribution is -2.57. The van der Waals surface area contributed by atoms with Gasteiger partial charge in [0.05, 0.1) is 18.6 Å². The molecule has 2 aromatic rings. The first-order valence-corrected chi connectivity index (χ1v) is 12.9. The number of aryl methyl sites for hydroxylation is 1. The molecule has 8 nitrogen and oxygen atoms in total. The van der Waals surface area contributed by atoms with E-state index in [0.29, 0.717) is 19.7 Å². The second-order valence-corrected chi connectivity index (χ2v) is 9.50. The van der Waals surface area contributed by atoms with Gasteiger partial charge in [-0.2, -0.15) is 0 Å². The highest BCUT2D eigenvalue weighted by Gasteiger charge is 2.40. The Morgan fingerprint density at radius 1 is 0.892 bits per heavy atom. The molecule has 1 aliphatic carbocycles. The van der Waals surface area contributed by atoms with E-state index in [4.69, 9.17) is 16.3 Å². The summed E-state index contributed by atoms with van der Waals surface area (Å²) in [5.74, 6) is -0.126. The summed E-state index contributed by atoms with van der Waals surface area (Å²) in [7, 11) is 0. The molecule has 0 radical (unpaired) electrons. The van der Waals surface area contributed by atoms with Crippen LogP contribution in [0.2, 0.25) is 5.02 Å². The monoisotopic (exact) mass is 526 g/mol. The highest BCUT2D eigenvalue weighted by Crippen LogP contribution is 2.30. The summed E-state index contributed by atoms with van der Waals surface area (Å²) in [4.78, 5) is 36.6. The molecule has 1 saturated carbocycles. The Kier molecular flexibility index (Phi) is 11.0. The number of rotatable bonds is 0. The average Bonchev–Trinajstić information content (AvgIpc) is 3.37. The second-order valence-electron chi connectivity index (χ2n) is 9.07. The number of carbonyl (C=O) groups is 3. The number of hydrogen-bond donors (Lipinski definition) is 4. The maximum atomic E-state index is 12.8. The van der Waals surface area contributed by atoms with Crippen molar-refractivity contribution in [2.75, 3.05) is 32.8 Å². The van der Waals surface area contributed by atoms with Gasteiger partial charge in [0, 0.05) is 23.7 Å². The van der Waals surface area contributed by atoms with E-state index in [-0.39, 0.29) is 24.9 Å². The predicted octanol–water partition coefficient (Wildman–Crippen LogP) is 2.99. The summed E-state index contributed by atoms with van der Waals surface area (Å²) in [5.41, 5.74) is 1.44. The zero-order chi connectivity index (χ0) is 26.5. The van der Waals surface area contributed by atoms with E-state index >= 15 is 0 Å². The number of para-hydroxylation sites is 1. The molecule has 3 amide bonds. The third kappa shape index (κ3) is 9.22. The van der Waals surface area contributed by atoms with Crippen LogP contribution in [0.1, 0.15) is 36.8 Å². The zero-order valence-corrected chi connectivity index (χ0v) is 21.9. The second kappa shape index (κ2) is 14.4. The Morgan fingerprint density at radius 2 is 1.62 bits per heavy atom. The van der Waals surface area contributed by atoms with Gasteiger partial charge in [0.15, 0.2) is 0 Å². The maximum absolute atomic E-state index is 12.8. The van der Waals surface area contributed by atoms with E-state index < -0.39 is 11.4 Å². The van der Waals surface area contributed by atoms with Gasteiger partial charge in [0.2, 0.25) is 17.7 Å². The fourth-order valence-electron chi connectivity index (χ4n) is 4.26. The summed E-state index contributed by atoms with van der Waals surface area (Å²) in [6.07, 6.45) is 7.08. The van der Waals surface area contributed by atoms with E-state index in [0.717, 1.165) is 42.0 Å². The minimum atomic E-state index is -0.675. The summed E-state index contributed by atoms with van der Waals surface area (Å²) in [5, 5.41) is 12.1. The summed E-state index contributed by atoms with van der Waals surface area (Å²) >= 11 is 5.64. The first-order valence-electron chi connectivity index (χ1n) is 12.6. The van der Waals surface area contributed by atoms with Crippen LogP contribution in [0.25, 0.3) is 6.08 Å². The molecule has 37 heavy (non-hydrogen) atoms. The Balaban J connectivity index is 0.000000405. The predicted molar refractivity (Wildman–Crippen MR) is 145 cm³/mol. The molecule has 4 rings (SSSR count). The molecule has 2 aliphatic rings. The molecule has 0 atom stereocenters. The number of halogens is 1. The molecular formula is C28H35ClN4O4. The minimum Gasteiger partial charge on any atom is -0.492 e. The van der Waals surface area contributed by atoms with Gasteiger partial charge in [-0.15, -0.1) is 0 Å². The SMILES string of the molecule is Cc1cccc(Cl)c1.O=C1CNC(=O)CNC(=O)C2(CCCC2)NCCOc2ccccc2/C=C/CN1. The van der Waals surface area contributed by atoms with Crippen LogP contribution >= 0.6 is 11.6 Å². The Labute approximate surface area is 223 Å². The van der Waals surface area contributed by atoms with Crippen LogP contribution in [0, 0.1) is 6.92 Å². The maximum Gasteiger partial charge on any atom is 0.240 e. The number of nitrogens with one attached hydrogen (secondary N) is 4. The lowest BCUT2D eigenvalue weighted by Gasteiger charge is -2.29. The van der Waals surface area contributed by atoms with Crippen molar-refractivity contribution in [3.05, 3.63) is 70.8 Å². The molecule has 1 aliphatic heterocycles. The number of hydrogen-bond acceptors (Lipinski definition) is 5. The molecule has 1 fully saturated rings. The van der Waals surface area contributed by atoms with Gasteiger partial charge < -0.3 is 20.7 Å². The number of amides is 3. The third-order valence-corrected chi connectivity index (χ3v) is 6.42. The van der Waals surface area contributed by atoms with Crippen molar-refractivity contribution >= 4 is 35.4 Å². The Morgan fingerprint density at radius 3 is 2.35 bits per heavy atom. The van der Waals surface area contributed by atoms with Crippen molar-refractivity contribution in [1.29, 1.82) is 0 Å². The molecule has 0 saturated heterocycles. The first-order chi connectivity index (χ1) is 17.9. The summed E-state index contributed by atoms with van der Waals surface area (Å²) in [6, 6.07) is 15.4. The van der Waals surface area contributed by atoms with Gasteiger partial charge in [-0.25, -0.2) is 0 Å². The van der Waals surface area contributed by atoms with Crippen LogP contribution in [-0.4, -0.2) is 56.0 Å². The van der Waals surface area contributed by atoms with Crippen LogP contribution in [0.4, 0.5) is 0 Å². The van der Waals surface area contributed by atoms with Crippen LogP contribution in [0.15, 0.2) is 54.6 Å². The molecule has 0 aromatic heterocycles. The quantitative estimate of drug-likeness (QED) is 0.422. The number of carbonyl (C=O) groups excluding carboxylic acids is 3. The van der Waals surface area contributed by atoms with E-state index in [1.165, 1.54) is 5.56 Å². The fraction of sp³-hybridized carbons (Fsp3) is 0.393. The highest BCUT2D eigenvalue weighted by molar-refractivity contribution is 6.30. The average molecular weight is 527 g/mol. The van der Waals surface area contributed by atoms with Gasteiger partial charge in [-0.1, -0.05) is 66.9 Å². The van der Waals surface area contributed by atoms with Crippen LogP contribution < -0.4 is 26.0 Å². The zero-order valence-electron chi connectivity index (χ0n) is 21.1. The van der Waals surface area contributed by atoms with E-state index in [9.17, 15) is 14.4 Å². The number of benzene rings is 2. The Hall–Kier alpha value is -3.36. The first kappa shape index (κ1) is 28.2. The number of fused-ring (bicyclic) bond motifs is 1. The summed E-state index contributed by atoms with van der Waals surface area (Å²) < 4.78 is 5.91. The normalized spacial score (nSPS) is 19.5. The van der Waals surface area contributed by atoms with Gasteiger partial charge in [0.25, 0.3) is 0 Å². The van der Waals surface area contributed by atoms with Crippen molar-refractivity contribution < 1.29 is 19.1 Å². The molecule has 1 spiro atoms. The van der Waals surface area contributed by atoms with Gasteiger partial charge >= 0.3 is 0 Å². The van der Waals surface area contributed by atoms with Crippen molar-refractivity contribution in [2.45, 2.75) is 38.1 Å².